The van der Waals surface area contributed by atoms with E-state index in [0.29, 0.717) is 18.8 Å². The molecule has 0 saturated carbocycles. The molecule has 0 saturated heterocycles. The van der Waals surface area contributed by atoms with Gasteiger partial charge >= 0.3 is 10.4 Å². The second-order valence-electron chi connectivity index (χ2n) is 10.9. The number of amides is 1. The molecule has 0 aliphatic heterocycles. The topological polar surface area (TPSA) is 92.7 Å². The second kappa shape index (κ2) is 20.5. The zero-order chi connectivity index (χ0) is 25.8. The van der Waals surface area contributed by atoms with Crippen LogP contribution in [0.25, 0.3) is 0 Å². The Hall–Kier alpha value is -0.660. The molecule has 1 amide bonds. The molecule has 2 N–H and O–H groups in total. The van der Waals surface area contributed by atoms with Gasteiger partial charge in [-0.25, -0.2) is 4.18 Å². The lowest BCUT2D eigenvalue weighted by molar-refractivity contribution is -0.121. The Balaban J connectivity index is 3.58. The van der Waals surface area contributed by atoms with E-state index < -0.39 is 10.4 Å². The molecule has 0 fully saturated rings. The van der Waals surface area contributed by atoms with E-state index in [0.717, 1.165) is 25.2 Å². The summed E-state index contributed by atoms with van der Waals surface area (Å²) in [6, 6.07) is 0.0858. The number of hydrogen-bond acceptors (Lipinski definition) is 4. The summed E-state index contributed by atoms with van der Waals surface area (Å²) < 4.78 is 34.3. The van der Waals surface area contributed by atoms with Crippen molar-refractivity contribution in [2.24, 2.45) is 17.8 Å². The van der Waals surface area contributed by atoms with E-state index in [9.17, 15) is 13.2 Å². The van der Waals surface area contributed by atoms with Crippen LogP contribution in [0.15, 0.2) is 0 Å². The monoisotopic (exact) mass is 505 g/mol. The molecule has 6 nitrogen and oxygen atoms in total. The minimum Gasteiger partial charge on any atom is -0.354 e. The Morgan fingerprint density at radius 1 is 0.735 bits per heavy atom. The zero-order valence-electron chi connectivity index (χ0n) is 22.8. The fourth-order valence-electron chi connectivity index (χ4n) is 4.43. The van der Waals surface area contributed by atoms with Crippen LogP contribution in [0.4, 0.5) is 0 Å². The van der Waals surface area contributed by atoms with Gasteiger partial charge in [-0.15, -0.1) is 0 Å². The molecule has 0 radical (unpaired) electrons. The normalized spacial score (nSPS) is 14.8. The number of rotatable bonds is 23. The van der Waals surface area contributed by atoms with Gasteiger partial charge in [0.05, 0.1) is 6.61 Å². The number of carbonyl (C=O) groups excluding carboxylic acids is 1. The van der Waals surface area contributed by atoms with Crippen molar-refractivity contribution in [3.63, 3.8) is 0 Å². The minimum absolute atomic E-state index is 0.0242. The van der Waals surface area contributed by atoms with Crippen molar-refractivity contribution in [2.75, 3.05) is 6.61 Å². The van der Waals surface area contributed by atoms with Crippen LogP contribution in [-0.2, 0) is 19.4 Å². The van der Waals surface area contributed by atoms with Crippen LogP contribution in [0.5, 0.6) is 0 Å². The smallest absolute Gasteiger partial charge is 0.354 e. The van der Waals surface area contributed by atoms with E-state index in [4.69, 9.17) is 4.55 Å². The molecule has 7 heteroatoms. The summed E-state index contributed by atoms with van der Waals surface area (Å²) in [5.41, 5.74) is 0. The molecule has 3 unspecified atom stereocenters. The van der Waals surface area contributed by atoms with Crippen molar-refractivity contribution in [3.05, 3.63) is 0 Å². The van der Waals surface area contributed by atoms with Gasteiger partial charge in [0, 0.05) is 12.5 Å². The van der Waals surface area contributed by atoms with Crippen molar-refractivity contribution in [3.8, 4) is 0 Å². The Bertz CT molecular complexity index is 594. The Morgan fingerprint density at radius 3 is 1.68 bits per heavy atom. The van der Waals surface area contributed by atoms with Crippen LogP contribution in [0.2, 0.25) is 0 Å². The molecule has 0 rings (SSSR count). The summed E-state index contributed by atoms with van der Waals surface area (Å²) in [7, 11) is -4.37. The molecule has 0 aliphatic rings. The predicted octanol–water partition coefficient (Wildman–Crippen LogP) is 7.48. The van der Waals surface area contributed by atoms with E-state index >= 15 is 0 Å². The lowest BCUT2D eigenvalue weighted by Gasteiger charge is -2.23. The van der Waals surface area contributed by atoms with Crippen LogP contribution in [0, 0.1) is 17.8 Å². The van der Waals surface area contributed by atoms with Gasteiger partial charge in [-0.05, 0) is 43.9 Å². The van der Waals surface area contributed by atoms with Crippen LogP contribution < -0.4 is 5.32 Å². The lowest BCUT2D eigenvalue weighted by atomic mass is 9.88. The highest BCUT2D eigenvalue weighted by molar-refractivity contribution is 7.80. The number of hydrogen-bond donors (Lipinski definition) is 2. The predicted molar refractivity (Wildman–Crippen MR) is 142 cm³/mol. The van der Waals surface area contributed by atoms with Crippen molar-refractivity contribution in [1.29, 1.82) is 0 Å². The van der Waals surface area contributed by atoms with Gasteiger partial charge in [-0.1, -0.05) is 105 Å². The molecule has 0 heterocycles. The third-order valence-corrected chi connectivity index (χ3v) is 7.31. The Morgan fingerprint density at radius 2 is 1.21 bits per heavy atom. The van der Waals surface area contributed by atoms with E-state index in [1.807, 2.05) is 13.8 Å². The SMILES string of the molecule is CC(C)CCCCCCCCCCCCCCC(=O)NC(C)CC(C)C(C)CCOS(=O)(=O)O. The fourth-order valence-corrected chi connectivity index (χ4v) is 4.73. The first-order valence-electron chi connectivity index (χ1n) is 13.9. The zero-order valence-corrected chi connectivity index (χ0v) is 23.6. The standard InChI is InChI=1S/C27H55NO5S/c1-23(2)18-16-14-12-10-8-6-7-9-11-13-15-17-19-27(29)28-26(5)22-25(4)24(3)20-21-33-34(30,31)32/h23-26H,6-22H2,1-5H3,(H,28,29)(H,30,31,32). The van der Waals surface area contributed by atoms with Crippen LogP contribution in [0.3, 0.4) is 0 Å². The molecular formula is C27H55NO5S. The summed E-state index contributed by atoms with van der Waals surface area (Å²) in [4.78, 5) is 12.2. The van der Waals surface area contributed by atoms with Gasteiger partial charge in [0.1, 0.15) is 0 Å². The maximum absolute atomic E-state index is 12.2. The molecule has 204 valence electrons. The summed E-state index contributed by atoms with van der Waals surface area (Å²) in [5.74, 6) is 1.51. The highest BCUT2D eigenvalue weighted by Crippen LogP contribution is 2.21. The molecule has 0 aromatic carbocycles. The van der Waals surface area contributed by atoms with E-state index in [1.165, 1.54) is 70.6 Å². The summed E-state index contributed by atoms with van der Waals surface area (Å²) in [6.07, 6.45) is 18.9. The van der Waals surface area contributed by atoms with E-state index in [1.54, 1.807) is 0 Å². The van der Waals surface area contributed by atoms with Crippen LogP contribution >= 0.6 is 0 Å². The molecular weight excluding hydrogens is 450 g/mol. The highest BCUT2D eigenvalue weighted by atomic mass is 32.3. The maximum atomic E-state index is 12.2. The number of carbonyl (C=O) groups is 1. The molecule has 0 bridgehead atoms. The van der Waals surface area contributed by atoms with E-state index in [-0.39, 0.29) is 24.5 Å². The van der Waals surface area contributed by atoms with Gasteiger partial charge in [0.2, 0.25) is 5.91 Å². The van der Waals surface area contributed by atoms with Crippen molar-refractivity contribution in [2.45, 2.75) is 143 Å². The first kappa shape index (κ1) is 33.3. The molecule has 0 aliphatic carbocycles. The first-order chi connectivity index (χ1) is 16.0. The average Bonchev–Trinajstić information content (AvgIpc) is 2.72. The largest absolute Gasteiger partial charge is 0.397 e. The molecule has 0 aromatic heterocycles. The lowest BCUT2D eigenvalue weighted by Crippen LogP contribution is -2.34. The minimum atomic E-state index is -4.37. The Labute approximate surface area is 211 Å². The summed E-state index contributed by atoms with van der Waals surface area (Å²) >= 11 is 0. The van der Waals surface area contributed by atoms with Gasteiger partial charge in [-0.2, -0.15) is 8.42 Å². The second-order valence-corrected chi connectivity index (χ2v) is 12.0. The van der Waals surface area contributed by atoms with Crippen molar-refractivity contribution in [1.82, 2.24) is 5.32 Å². The highest BCUT2D eigenvalue weighted by Gasteiger charge is 2.18. The van der Waals surface area contributed by atoms with Gasteiger partial charge in [-0.3, -0.25) is 9.35 Å². The number of unbranched alkanes of at least 4 members (excludes halogenated alkanes) is 11. The maximum Gasteiger partial charge on any atom is 0.397 e. The quantitative estimate of drug-likeness (QED) is 0.111. The third kappa shape index (κ3) is 23.1. The third-order valence-electron chi connectivity index (χ3n) is 6.84. The number of nitrogens with one attached hydrogen (secondary N) is 1. The van der Waals surface area contributed by atoms with Gasteiger partial charge in [0.15, 0.2) is 0 Å². The van der Waals surface area contributed by atoms with Crippen LogP contribution in [0.1, 0.15) is 137 Å². The molecule has 3 atom stereocenters. The summed E-state index contributed by atoms with van der Waals surface area (Å²) in [6.45, 7) is 10.7. The molecule has 0 spiro atoms. The van der Waals surface area contributed by atoms with Crippen molar-refractivity contribution < 1.29 is 21.9 Å². The molecule has 34 heavy (non-hydrogen) atoms. The van der Waals surface area contributed by atoms with Gasteiger partial charge < -0.3 is 5.32 Å². The summed E-state index contributed by atoms with van der Waals surface area (Å²) in [5, 5.41) is 3.09. The average molecular weight is 506 g/mol. The first-order valence-corrected chi connectivity index (χ1v) is 15.3. The van der Waals surface area contributed by atoms with E-state index in [2.05, 4.69) is 30.3 Å². The Kier molecular flexibility index (Phi) is 20.1. The van der Waals surface area contributed by atoms with Crippen LogP contribution in [-0.4, -0.2) is 31.5 Å². The van der Waals surface area contributed by atoms with Crippen molar-refractivity contribution >= 4 is 16.3 Å². The van der Waals surface area contributed by atoms with Gasteiger partial charge in [0.25, 0.3) is 0 Å². The molecule has 0 aromatic rings. The fraction of sp³-hybridized carbons (Fsp3) is 0.963.